The van der Waals surface area contributed by atoms with E-state index in [0.717, 1.165) is 47.7 Å². The van der Waals surface area contributed by atoms with Crippen LogP contribution in [0.5, 0.6) is 11.8 Å². The molecule has 1 aliphatic carbocycles. The van der Waals surface area contributed by atoms with E-state index in [1.165, 1.54) is 0 Å². The summed E-state index contributed by atoms with van der Waals surface area (Å²) < 4.78 is 10.5. The van der Waals surface area contributed by atoms with Gasteiger partial charge in [-0.05, 0) is 31.4 Å². The average molecular weight is 326 g/mol. The summed E-state index contributed by atoms with van der Waals surface area (Å²) in [5.74, 6) is 1.37. The first-order valence-corrected chi connectivity index (χ1v) is 7.89. The molecule has 1 aromatic heterocycles. The summed E-state index contributed by atoms with van der Waals surface area (Å²) in [6.07, 6.45) is 2.87. The van der Waals surface area contributed by atoms with E-state index >= 15 is 0 Å². The zero-order valence-electron chi connectivity index (χ0n) is 13.6. The van der Waals surface area contributed by atoms with Gasteiger partial charge in [-0.2, -0.15) is 9.97 Å². The maximum absolute atomic E-state index is 12.2. The van der Waals surface area contributed by atoms with Crippen LogP contribution in [0.3, 0.4) is 0 Å². The number of fused-ring (bicyclic) bond motifs is 2. The molecule has 1 amide bonds. The third kappa shape index (κ3) is 2.33. The van der Waals surface area contributed by atoms with Crippen molar-refractivity contribution < 1.29 is 14.3 Å². The molecule has 124 valence electrons. The fourth-order valence-electron chi connectivity index (χ4n) is 3.29. The van der Waals surface area contributed by atoms with Crippen molar-refractivity contribution in [1.82, 2.24) is 9.97 Å². The van der Waals surface area contributed by atoms with Gasteiger partial charge in [0, 0.05) is 11.6 Å². The highest BCUT2D eigenvalue weighted by Gasteiger charge is 2.29. The molecule has 0 radical (unpaired) electrons. The van der Waals surface area contributed by atoms with Crippen molar-refractivity contribution in [3.63, 3.8) is 0 Å². The highest BCUT2D eigenvalue weighted by atomic mass is 16.5. The minimum absolute atomic E-state index is 0.0833. The van der Waals surface area contributed by atoms with Crippen LogP contribution in [0.4, 0.5) is 17.2 Å². The van der Waals surface area contributed by atoms with Crippen LogP contribution < -0.4 is 19.7 Å². The minimum Gasteiger partial charge on any atom is -0.497 e. The molecule has 7 heteroatoms. The zero-order valence-corrected chi connectivity index (χ0v) is 13.6. The number of benzene rings is 1. The number of rotatable bonds is 3. The summed E-state index contributed by atoms with van der Waals surface area (Å²) >= 11 is 0. The first kappa shape index (κ1) is 14.7. The molecule has 0 saturated carbocycles. The number of methoxy groups -OCH3 is 2. The van der Waals surface area contributed by atoms with Gasteiger partial charge in [0.1, 0.15) is 18.1 Å². The van der Waals surface area contributed by atoms with Crippen LogP contribution in [0.1, 0.15) is 17.7 Å². The van der Waals surface area contributed by atoms with Gasteiger partial charge in [0.05, 0.1) is 31.3 Å². The normalized spacial score (nSPS) is 15.6. The first-order valence-electron chi connectivity index (χ1n) is 7.89. The van der Waals surface area contributed by atoms with Crippen molar-refractivity contribution in [2.45, 2.75) is 19.3 Å². The van der Waals surface area contributed by atoms with E-state index in [-0.39, 0.29) is 12.5 Å². The number of aromatic nitrogens is 2. The van der Waals surface area contributed by atoms with E-state index in [2.05, 4.69) is 15.3 Å². The molecule has 2 heterocycles. The van der Waals surface area contributed by atoms with Gasteiger partial charge in [-0.1, -0.05) is 0 Å². The van der Waals surface area contributed by atoms with Crippen LogP contribution in [0.15, 0.2) is 18.2 Å². The number of carbonyl (C=O) groups excluding carboxylic acids is 1. The van der Waals surface area contributed by atoms with E-state index in [4.69, 9.17) is 9.47 Å². The van der Waals surface area contributed by atoms with Crippen molar-refractivity contribution >= 4 is 23.1 Å². The summed E-state index contributed by atoms with van der Waals surface area (Å²) in [4.78, 5) is 23.1. The van der Waals surface area contributed by atoms with Crippen LogP contribution in [0.2, 0.25) is 0 Å². The fraction of sp³-hybridized carbons (Fsp3) is 0.353. The number of amides is 1. The Morgan fingerprint density at radius 3 is 2.83 bits per heavy atom. The Kier molecular flexibility index (Phi) is 3.48. The highest BCUT2D eigenvalue weighted by molar-refractivity contribution is 6.03. The Bertz CT molecular complexity index is 822. The lowest BCUT2D eigenvalue weighted by atomic mass is 10.1. The summed E-state index contributed by atoms with van der Waals surface area (Å²) in [6, 6.07) is 5.97. The van der Waals surface area contributed by atoms with Gasteiger partial charge in [-0.3, -0.25) is 4.79 Å². The van der Waals surface area contributed by atoms with Crippen molar-refractivity contribution in [1.29, 1.82) is 0 Å². The van der Waals surface area contributed by atoms with Crippen molar-refractivity contribution in [3.05, 3.63) is 29.5 Å². The largest absolute Gasteiger partial charge is 0.497 e. The van der Waals surface area contributed by atoms with Crippen LogP contribution in [0, 0.1) is 0 Å². The number of nitrogens with zero attached hydrogens (tertiary/aromatic N) is 3. The smallest absolute Gasteiger partial charge is 0.318 e. The maximum atomic E-state index is 12.2. The van der Waals surface area contributed by atoms with Crippen LogP contribution in [-0.4, -0.2) is 36.6 Å². The van der Waals surface area contributed by atoms with Gasteiger partial charge in [0.2, 0.25) is 5.91 Å². The molecule has 2 aliphatic rings. The van der Waals surface area contributed by atoms with Crippen LogP contribution >= 0.6 is 0 Å². The quantitative estimate of drug-likeness (QED) is 0.930. The molecular weight excluding hydrogens is 308 g/mol. The Hall–Kier alpha value is -2.83. The van der Waals surface area contributed by atoms with Crippen molar-refractivity contribution in [2.24, 2.45) is 0 Å². The number of nitrogens with one attached hydrogen (secondary N) is 1. The number of anilines is 3. The molecule has 1 N–H and O–H groups in total. The van der Waals surface area contributed by atoms with Gasteiger partial charge in [-0.25, -0.2) is 0 Å². The monoisotopic (exact) mass is 326 g/mol. The number of hydrogen-bond acceptors (Lipinski definition) is 6. The van der Waals surface area contributed by atoms with E-state index in [0.29, 0.717) is 11.8 Å². The Morgan fingerprint density at radius 2 is 2.04 bits per heavy atom. The molecule has 0 saturated heterocycles. The predicted molar refractivity (Wildman–Crippen MR) is 89.2 cm³/mol. The molecule has 0 atom stereocenters. The molecule has 7 nitrogen and oxygen atoms in total. The minimum atomic E-state index is -0.0833. The molecule has 1 aromatic carbocycles. The number of ether oxygens (including phenoxy) is 2. The molecular formula is C17H18N4O3. The van der Waals surface area contributed by atoms with Gasteiger partial charge in [0.25, 0.3) is 0 Å². The van der Waals surface area contributed by atoms with Gasteiger partial charge < -0.3 is 19.7 Å². The highest BCUT2D eigenvalue weighted by Crippen LogP contribution is 2.40. The van der Waals surface area contributed by atoms with Crippen molar-refractivity contribution in [2.75, 3.05) is 31.0 Å². The molecule has 2 aromatic rings. The maximum Gasteiger partial charge on any atom is 0.318 e. The second kappa shape index (κ2) is 5.67. The summed E-state index contributed by atoms with van der Waals surface area (Å²) in [7, 11) is 3.16. The van der Waals surface area contributed by atoms with Crippen molar-refractivity contribution in [3.8, 4) is 11.8 Å². The molecule has 0 bridgehead atoms. The lowest BCUT2D eigenvalue weighted by Gasteiger charge is -2.31. The molecule has 0 spiro atoms. The van der Waals surface area contributed by atoms with E-state index in [1.54, 1.807) is 14.2 Å². The molecule has 4 rings (SSSR count). The zero-order chi connectivity index (χ0) is 16.7. The summed E-state index contributed by atoms with van der Waals surface area (Å²) in [5.41, 5.74) is 3.73. The lowest BCUT2D eigenvalue weighted by molar-refractivity contribution is -0.115. The fourth-order valence-corrected chi connectivity index (χ4v) is 3.29. The molecule has 24 heavy (non-hydrogen) atoms. The topological polar surface area (TPSA) is 76.6 Å². The summed E-state index contributed by atoms with van der Waals surface area (Å²) in [6.45, 7) is 0.214. The second-order valence-electron chi connectivity index (χ2n) is 5.83. The van der Waals surface area contributed by atoms with Gasteiger partial charge in [0.15, 0.2) is 0 Å². The molecule has 0 fully saturated rings. The van der Waals surface area contributed by atoms with Crippen LogP contribution in [-0.2, 0) is 17.6 Å². The predicted octanol–water partition coefficient (Wildman–Crippen LogP) is 2.07. The standard InChI is InChI=1S/C17H18N4O3/c1-23-10-6-7-14-13(8-10)18-15(22)9-21(14)16-11-4-3-5-12(11)19-17(20-16)24-2/h6-8H,3-5,9H2,1-2H3,(H,18,22). The van der Waals surface area contributed by atoms with E-state index in [1.807, 2.05) is 23.1 Å². The summed E-state index contributed by atoms with van der Waals surface area (Å²) in [5, 5.41) is 2.90. The van der Waals surface area contributed by atoms with Gasteiger partial charge in [-0.15, -0.1) is 0 Å². The molecule has 0 unspecified atom stereocenters. The third-order valence-corrected chi connectivity index (χ3v) is 4.40. The Balaban J connectivity index is 1.86. The molecule has 1 aliphatic heterocycles. The number of carbonyl (C=O) groups is 1. The third-order valence-electron chi connectivity index (χ3n) is 4.40. The Morgan fingerprint density at radius 1 is 1.17 bits per heavy atom. The van der Waals surface area contributed by atoms with Gasteiger partial charge >= 0.3 is 6.01 Å². The van der Waals surface area contributed by atoms with E-state index < -0.39 is 0 Å². The average Bonchev–Trinajstić information content (AvgIpc) is 3.07. The number of hydrogen-bond donors (Lipinski definition) is 1. The van der Waals surface area contributed by atoms with Crippen LogP contribution in [0.25, 0.3) is 0 Å². The second-order valence-corrected chi connectivity index (χ2v) is 5.83. The lowest BCUT2D eigenvalue weighted by Crippen LogP contribution is -2.36. The number of aryl methyl sites for hydroxylation is 1. The SMILES string of the molecule is COc1ccc2c(c1)NC(=O)CN2c1nc(OC)nc2c1CCC2. The first-order chi connectivity index (χ1) is 11.7. The van der Waals surface area contributed by atoms with E-state index in [9.17, 15) is 4.79 Å². The Labute approximate surface area is 139 Å².